The fraction of sp³-hybridized carbons (Fsp3) is 0.0312. The summed E-state index contributed by atoms with van der Waals surface area (Å²) in [5, 5.41) is 9.90. The lowest BCUT2D eigenvalue weighted by Gasteiger charge is -2.39. The highest BCUT2D eigenvalue weighted by Crippen LogP contribution is 2.62. The van der Waals surface area contributed by atoms with Crippen LogP contribution in [0.25, 0.3) is 22.3 Å². The van der Waals surface area contributed by atoms with Crippen LogP contribution in [0.5, 0.6) is 11.5 Å². The quantitative estimate of drug-likeness (QED) is 0.243. The van der Waals surface area contributed by atoms with Crippen LogP contribution in [0.4, 0.5) is 0 Å². The summed E-state index contributed by atoms with van der Waals surface area (Å²) in [6.45, 7) is 0. The summed E-state index contributed by atoms with van der Waals surface area (Å²) in [7, 11) is 0. The molecule has 0 amide bonds. The highest BCUT2D eigenvalue weighted by molar-refractivity contribution is 6.31. The Labute approximate surface area is 208 Å². The van der Waals surface area contributed by atoms with E-state index in [9.17, 15) is 5.26 Å². The van der Waals surface area contributed by atoms with E-state index in [1.807, 2.05) is 54.6 Å². The largest absolute Gasteiger partial charge is 0.457 e. The number of benzene rings is 5. The molecular weight excluding hydrogens is 450 g/mol. The van der Waals surface area contributed by atoms with E-state index in [0.29, 0.717) is 10.6 Å². The molecule has 2 nitrogen and oxygen atoms in total. The van der Waals surface area contributed by atoms with Crippen LogP contribution in [0.1, 0.15) is 27.8 Å². The summed E-state index contributed by atoms with van der Waals surface area (Å²) in [4.78, 5) is 0. The Hall–Kier alpha value is -4.32. The fourth-order valence-corrected chi connectivity index (χ4v) is 5.97. The maximum Gasteiger partial charge on any atom is 0.132 e. The summed E-state index contributed by atoms with van der Waals surface area (Å²) in [6.07, 6.45) is 0. The number of rotatable bonds is 1. The number of hydrogen-bond acceptors (Lipinski definition) is 2. The lowest BCUT2D eigenvalue weighted by molar-refractivity contribution is 0.436. The minimum Gasteiger partial charge on any atom is -0.457 e. The SMILES string of the molecule is N#Cc1ccc(-c2ccc3c(c2)-c2cc(Cl)ccc2C32c3ccccc3Oc3ccccc32)cc1. The lowest BCUT2D eigenvalue weighted by Crippen LogP contribution is -2.32. The van der Waals surface area contributed by atoms with E-state index in [2.05, 4.69) is 60.7 Å². The zero-order valence-electron chi connectivity index (χ0n) is 18.6. The van der Waals surface area contributed by atoms with E-state index in [1.165, 1.54) is 11.1 Å². The molecule has 2 aliphatic rings. The van der Waals surface area contributed by atoms with Crippen molar-refractivity contribution in [2.75, 3.05) is 0 Å². The number of ether oxygens (including phenoxy) is 1. The number of para-hydroxylation sites is 2. The Balaban J connectivity index is 1.57. The molecule has 0 aromatic heterocycles. The third-order valence-corrected chi connectivity index (χ3v) is 7.48. The van der Waals surface area contributed by atoms with Crippen molar-refractivity contribution >= 4 is 11.6 Å². The van der Waals surface area contributed by atoms with Gasteiger partial charge in [0.2, 0.25) is 0 Å². The third kappa shape index (κ3) is 2.71. The van der Waals surface area contributed by atoms with Gasteiger partial charge in [-0.15, -0.1) is 0 Å². The van der Waals surface area contributed by atoms with E-state index in [1.54, 1.807) is 0 Å². The zero-order valence-corrected chi connectivity index (χ0v) is 19.4. The van der Waals surface area contributed by atoms with E-state index >= 15 is 0 Å². The van der Waals surface area contributed by atoms with E-state index in [4.69, 9.17) is 16.3 Å². The van der Waals surface area contributed by atoms with Crippen LogP contribution in [0.3, 0.4) is 0 Å². The molecule has 0 saturated carbocycles. The molecule has 1 aliphatic heterocycles. The van der Waals surface area contributed by atoms with Gasteiger partial charge in [-0.05, 0) is 75.8 Å². The minimum absolute atomic E-state index is 0.496. The molecule has 5 aromatic rings. The van der Waals surface area contributed by atoms with Gasteiger partial charge in [-0.2, -0.15) is 5.26 Å². The van der Waals surface area contributed by atoms with Crippen LogP contribution in [0, 0.1) is 11.3 Å². The molecule has 35 heavy (non-hydrogen) atoms. The Morgan fingerprint density at radius 1 is 0.600 bits per heavy atom. The van der Waals surface area contributed by atoms with Gasteiger partial charge in [-0.25, -0.2) is 0 Å². The van der Waals surface area contributed by atoms with Gasteiger partial charge in [0, 0.05) is 16.1 Å². The van der Waals surface area contributed by atoms with Gasteiger partial charge in [-0.3, -0.25) is 0 Å². The van der Waals surface area contributed by atoms with Crippen molar-refractivity contribution < 1.29 is 4.74 Å². The van der Waals surface area contributed by atoms with Gasteiger partial charge in [0.15, 0.2) is 0 Å². The topological polar surface area (TPSA) is 33.0 Å². The number of nitriles is 1. The van der Waals surface area contributed by atoms with Crippen LogP contribution in [0.15, 0.2) is 109 Å². The number of nitrogens with zero attached hydrogens (tertiary/aromatic N) is 1. The van der Waals surface area contributed by atoms with Gasteiger partial charge in [0.1, 0.15) is 11.5 Å². The summed E-state index contributed by atoms with van der Waals surface area (Å²) >= 11 is 6.55. The fourth-order valence-electron chi connectivity index (χ4n) is 5.80. The Morgan fingerprint density at radius 2 is 1.17 bits per heavy atom. The predicted octanol–water partition coefficient (Wildman–Crippen LogP) is 8.35. The van der Waals surface area contributed by atoms with Crippen molar-refractivity contribution in [1.82, 2.24) is 0 Å². The molecule has 3 heteroatoms. The van der Waals surface area contributed by atoms with Crippen molar-refractivity contribution in [2.45, 2.75) is 5.41 Å². The molecule has 0 bridgehead atoms. The molecule has 0 saturated heterocycles. The van der Waals surface area contributed by atoms with E-state index < -0.39 is 5.41 Å². The first kappa shape index (κ1) is 20.1. The molecule has 0 radical (unpaired) electrons. The number of fused-ring (bicyclic) bond motifs is 9. The average molecular weight is 468 g/mol. The second-order valence-electron chi connectivity index (χ2n) is 8.98. The maximum absolute atomic E-state index is 9.19. The van der Waals surface area contributed by atoms with Gasteiger partial charge < -0.3 is 4.74 Å². The number of halogens is 1. The molecule has 0 atom stereocenters. The second kappa shape index (κ2) is 7.34. The van der Waals surface area contributed by atoms with Crippen LogP contribution >= 0.6 is 11.6 Å². The highest BCUT2D eigenvalue weighted by Gasteiger charge is 2.51. The van der Waals surface area contributed by atoms with Crippen molar-refractivity contribution in [2.24, 2.45) is 0 Å². The molecule has 0 fully saturated rings. The van der Waals surface area contributed by atoms with Gasteiger partial charge in [-0.1, -0.05) is 78.3 Å². The van der Waals surface area contributed by atoms with Crippen LogP contribution in [-0.2, 0) is 5.41 Å². The van der Waals surface area contributed by atoms with E-state index in [-0.39, 0.29) is 0 Å². The maximum atomic E-state index is 9.19. The van der Waals surface area contributed by atoms with Crippen molar-refractivity contribution in [3.8, 4) is 39.8 Å². The summed E-state index contributed by atoms with van der Waals surface area (Å²) in [5.41, 5.74) is 9.32. The molecule has 164 valence electrons. The van der Waals surface area contributed by atoms with Crippen LogP contribution in [0.2, 0.25) is 5.02 Å². The summed E-state index contributed by atoms with van der Waals surface area (Å²) < 4.78 is 6.38. The molecule has 1 heterocycles. The van der Waals surface area contributed by atoms with Gasteiger partial charge in [0.25, 0.3) is 0 Å². The van der Waals surface area contributed by atoms with Crippen LogP contribution < -0.4 is 4.74 Å². The molecular formula is C32H18ClNO. The Morgan fingerprint density at radius 3 is 1.83 bits per heavy atom. The third-order valence-electron chi connectivity index (χ3n) is 7.25. The second-order valence-corrected chi connectivity index (χ2v) is 9.42. The molecule has 1 aliphatic carbocycles. The molecule has 0 N–H and O–H groups in total. The summed E-state index contributed by atoms with van der Waals surface area (Å²) in [5.74, 6) is 1.74. The normalized spacial score (nSPS) is 13.7. The summed E-state index contributed by atoms with van der Waals surface area (Å²) in [6, 6.07) is 39.5. The monoisotopic (exact) mass is 467 g/mol. The average Bonchev–Trinajstić information content (AvgIpc) is 3.18. The standard InChI is InChI=1S/C32H18ClNO/c33-23-14-16-27-25(18-23)24-17-22(21-11-9-20(19-34)10-12-21)13-15-26(24)32(27)28-5-1-3-7-30(28)35-31-8-4-2-6-29(31)32/h1-18H. The molecule has 1 spiro atoms. The van der Waals surface area contributed by atoms with Crippen molar-refractivity contribution in [1.29, 1.82) is 5.26 Å². The van der Waals surface area contributed by atoms with Gasteiger partial charge >= 0.3 is 0 Å². The Bertz CT molecular complexity index is 1650. The lowest BCUT2D eigenvalue weighted by atomic mass is 9.66. The molecule has 5 aromatic carbocycles. The highest BCUT2D eigenvalue weighted by atomic mass is 35.5. The zero-order chi connectivity index (χ0) is 23.6. The van der Waals surface area contributed by atoms with E-state index in [0.717, 1.165) is 44.9 Å². The predicted molar refractivity (Wildman–Crippen MR) is 139 cm³/mol. The Kier molecular flexibility index (Phi) is 4.21. The molecule has 0 unspecified atom stereocenters. The van der Waals surface area contributed by atoms with Crippen LogP contribution in [-0.4, -0.2) is 0 Å². The van der Waals surface area contributed by atoms with Crippen molar-refractivity contribution in [3.05, 3.63) is 142 Å². The molecule has 7 rings (SSSR count). The number of hydrogen-bond donors (Lipinski definition) is 0. The van der Waals surface area contributed by atoms with Gasteiger partial charge in [0.05, 0.1) is 17.0 Å². The van der Waals surface area contributed by atoms with Crippen molar-refractivity contribution in [3.63, 3.8) is 0 Å². The smallest absolute Gasteiger partial charge is 0.132 e. The first-order valence-electron chi connectivity index (χ1n) is 11.5. The first-order chi connectivity index (χ1) is 17.2. The first-order valence-corrected chi connectivity index (χ1v) is 11.9. The minimum atomic E-state index is -0.496.